The van der Waals surface area contributed by atoms with Gasteiger partial charge in [-0.2, -0.15) is 0 Å². The van der Waals surface area contributed by atoms with Gasteiger partial charge in [0.2, 0.25) is 5.91 Å². The molecule has 1 N–H and O–H groups in total. The van der Waals surface area contributed by atoms with Gasteiger partial charge in [-0.15, -0.1) is 11.8 Å². The lowest BCUT2D eigenvalue weighted by molar-refractivity contribution is -0.115. The third-order valence-electron chi connectivity index (χ3n) is 5.28. The number of amides is 2. The standard InChI is InChI=1S/C25H23ClN2O2S/c1-16(2)17-9-13-20(14-10-17)28-23(29)15-31-25(28)18-7-11-19(12-8-18)27-24(30)21-5-3-4-6-22(21)26/h3-14,16,25H,15H2,1-2H3,(H,27,30)/t25-/m0/s1. The second-order valence-corrected chi connectivity index (χ2v) is 9.21. The fourth-order valence-electron chi connectivity index (χ4n) is 3.54. The minimum Gasteiger partial charge on any atom is -0.322 e. The molecular formula is C25H23ClN2O2S. The Hall–Kier alpha value is -2.76. The molecule has 1 aliphatic rings. The van der Waals surface area contributed by atoms with Gasteiger partial charge in [0.1, 0.15) is 5.37 Å². The second kappa shape index (κ2) is 9.16. The van der Waals surface area contributed by atoms with Crippen LogP contribution in [0.3, 0.4) is 0 Å². The Morgan fingerprint density at radius 1 is 1.03 bits per heavy atom. The fourth-order valence-corrected chi connectivity index (χ4v) is 4.94. The summed E-state index contributed by atoms with van der Waals surface area (Å²) in [4.78, 5) is 26.9. The molecule has 1 aliphatic heterocycles. The molecule has 6 heteroatoms. The van der Waals surface area contributed by atoms with Crippen LogP contribution in [0.2, 0.25) is 5.02 Å². The minimum atomic E-state index is -0.254. The first-order chi connectivity index (χ1) is 14.9. The van der Waals surface area contributed by atoms with E-state index in [0.717, 1.165) is 11.3 Å². The zero-order valence-corrected chi connectivity index (χ0v) is 18.9. The number of carbonyl (C=O) groups is 2. The third-order valence-corrected chi connectivity index (χ3v) is 6.82. The predicted octanol–water partition coefficient (Wildman–Crippen LogP) is 6.49. The highest BCUT2D eigenvalue weighted by Gasteiger charge is 2.34. The van der Waals surface area contributed by atoms with E-state index in [1.807, 2.05) is 41.3 Å². The van der Waals surface area contributed by atoms with Gasteiger partial charge in [0.15, 0.2) is 0 Å². The van der Waals surface area contributed by atoms with E-state index >= 15 is 0 Å². The number of nitrogens with zero attached hydrogens (tertiary/aromatic N) is 1. The van der Waals surface area contributed by atoms with E-state index in [4.69, 9.17) is 11.6 Å². The SMILES string of the molecule is CC(C)c1ccc(N2C(=O)CS[C@H]2c2ccc(NC(=O)c3ccccc3Cl)cc2)cc1. The summed E-state index contributed by atoms with van der Waals surface area (Å²) in [7, 11) is 0. The van der Waals surface area contributed by atoms with Crippen molar-refractivity contribution in [3.63, 3.8) is 0 Å². The molecule has 2 amide bonds. The van der Waals surface area contributed by atoms with Gasteiger partial charge < -0.3 is 5.32 Å². The molecule has 158 valence electrons. The van der Waals surface area contributed by atoms with Crippen LogP contribution in [0, 0.1) is 0 Å². The lowest BCUT2D eigenvalue weighted by atomic mass is 10.0. The molecule has 1 fully saturated rings. The molecule has 1 atom stereocenters. The van der Waals surface area contributed by atoms with E-state index in [2.05, 4.69) is 31.3 Å². The van der Waals surface area contributed by atoms with Crippen molar-refractivity contribution in [2.24, 2.45) is 0 Å². The number of halogens is 1. The first-order valence-corrected chi connectivity index (χ1v) is 11.6. The molecule has 0 radical (unpaired) electrons. The number of nitrogens with one attached hydrogen (secondary N) is 1. The molecule has 4 rings (SSSR count). The van der Waals surface area contributed by atoms with Crippen molar-refractivity contribution in [3.8, 4) is 0 Å². The maximum absolute atomic E-state index is 12.6. The van der Waals surface area contributed by atoms with Gasteiger partial charge in [0.25, 0.3) is 5.91 Å². The Morgan fingerprint density at radius 3 is 2.35 bits per heavy atom. The van der Waals surface area contributed by atoms with Crippen LogP contribution in [0.5, 0.6) is 0 Å². The molecule has 1 heterocycles. The van der Waals surface area contributed by atoms with Gasteiger partial charge in [-0.25, -0.2) is 0 Å². The number of benzene rings is 3. The Labute approximate surface area is 191 Å². The fraction of sp³-hybridized carbons (Fsp3) is 0.200. The van der Waals surface area contributed by atoms with E-state index in [1.54, 1.807) is 36.0 Å². The van der Waals surface area contributed by atoms with Crippen LogP contribution in [0.15, 0.2) is 72.8 Å². The second-order valence-electron chi connectivity index (χ2n) is 7.73. The van der Waals surface area contributed by atoms with Crippen LogP contribution in [0.4, 0.5) is 11.4 Å². The largest absolute Gasteiger partial charge is 0.322 e. The zero-order valence-electron chi connectivity index (χ0n) is 17.3. The van der Waals surface area contributed by atoms with Gasteiger partial charge in [0, 0.05) is 11.4 Å². The molecule has 31 heavy (non-hydrogen) atoms. The van der Waals surface area contributed by atoms with Gasteiger partial charge in [0.05, 0.1) is 16.3 Å². The summed E-state index contributed by atoms with van der Waals surface area (Å²) in [6, 6.07) is 22.8. The Kier molecular flexibility index (Phi) is 6.35. The van der Waals surface area contributed by atoms with Gasteiger partial charge in [-0.1, -0.05) is 61.8 Å². The highest BCUT2D eigenvalue weighted by atomic mass is 35.5. The van der Waals surface area contributed by atoms with E-state index in [9.17, 15) is 9.59 Å². The molecule has 3 aromatic carbocycles. The molecule has 3 aromatic rings. The van der Waals surface area contributed by atoms with Crippen molar-refractivity contribution >= 4 is 46.6 Å². The molecule has 0 aliphatic carbocycles. The Morgan fingerprint density at radius 2 is 1.71 bits per heavy atom. The minimum absolute atomic E-state index is 0.0919. The first-order valence-electron chi connectivity index (χ1n) is 10.1. The van der Waals surface area contributed by atoms with E-state index in [1.165, 1.54) is 5.56 Å². The molecule has 1 saturated heterocycles. The van der Waals surface area contributed by atoms with Crippen LogP contribution >= 0.6 is 23.4 Å². The molecule has 0 saturated carbocycles. The van der Waals surface area contributed by atoms with Crippen LogP contribution in [-0.4, -0.2) is 17.6 Å². The number of anilines is 2. The number of hydrogen-bond donors (Lipinski definition) is 1. The highest BCUT2D eigenvalue weighted by molar-refractivity contribution is 8.00. The van der Waals surface area contributed by atoms with Crippen molar-refractivity contribution in [2.75, 3.05) is 16.0 Å². The van der Waals surface area contributed by atoms with Gasteiger partial charge in [-0.05, 0) is 53.4 Å². The summed E-state index contributed by atoms with van der Waals surface area (Å²) in [6.07, 6.45) is 0. The van der Waals surface area contributed by atoms with Crippen molar-refractivity contribution in [2.45, 2.75) is 25.1 Å². The van der Waals surface area contributed by atoms with Crippen molar-refractivity contribution in [1.82, 2.24) is 0 Å². The molecular weight excluding hydrogens is 428 g/mol. The van der Waals surface area contributed by atoms with Gasteiger partial charge >= 0.3 is 0 Å². The molecule has 0 aromatic heterocycles. The summed E-state index contributed by atoms with van der Waals surface area (Å²) < 4.78 is 0. The maximum atomic E-state index is 12.6. The quantitative estimate of drug-likeness (QED) is 0.483. The number of carbonyl (C=O) groups excluding carboxylic acids is 2. The molecule has 4 nitrogen and oxygen atoms in total. The number of hydrogen-bond acceptors (Lipinski definition) is 3. The zero-order chi connectivity index (χ0) is 22.0. The normalized spacial score (nSPS) is 16.1. The van der Waals surface area contributed by atoms with Crippen LogP contribution in [-0.2, 0) is 4.79 Å². The van der Waals surface area contributed by atoms with Crippen LogP contribution in [0.25, 0.3) is 0 Å². The smallest absolute Gasteiger partial charge is 0.257 e. The average Bonchev–Trinajstić information content (AvgIpc) is 3.16. The summed E-state index contributed by atoms with van der Waals surface area (Å²) in [5.41, 5.74) is 4.27. The molecule has 0 unspecified atom stereocenters. The summed E-state index contributed by atoms with van der Waals surface area (Å²) in [5, 5.41) is 3.20. The number of rotatable bonds is 5. The topological polar surface area (TPSA) is 49.4 Å². The molecule has 0 spiro atoms. The maximum Gasteiger partial charge on any atom is 0.257 e. The Bertz CT molecular complexity index is 1100. The first kappa shape index (κ1) is 21.5. The third kappa shape index (κ3) is 4.63. The van der Waals surface area contributed by atoms with Crippen molar-refractivity contribution in [3.05, 3.63) is 94.5 Å². The van der Waals surface area contributed by atoms with Crippen molar-refractivity contribution < 1.29 is 9.59 Å². The highest BCUT2D eigenvalue weighted by Crippen LogP contribution is 2.42. The lowest BCUT2D eigenvalue weighted by Gasteiger charge is -2.25. The van der Waals surface area contributed by atoms with E-state index < -0.39 is 0 Å². The number of thioether (sulfide) groups is 1. The molecule has 0 bridgehead atoms. The average molecular weight is 451 g/mol. The van der Waals surface area contributed by atoms with Crippen molar-refractivity contribution in [1.29, 1.82) is 0 Å². The lowest BCUT2D eigenvalue weighted by Crippen LogP contribution is -2.27. The predicted molar refractivity (Wildman–Crippen MR) is 129 cm³/mol. The van der Waals surface area contributed by atoms with Crippen LogP contribution < -0.4 is 10.2 Å². The van der Waals surface area contributed by atoms with Gasteiger partial charge in [-0.3, -0.25) is 14.5 Å². The summed E-state index contributed by atoms with van der Waals surface area (Å²) in [5.74, 6) is 0.739. The van der Waals surface area contributed by atoms with E-state index in [0.29, 0.717) is 27.9 Å². The monoisotopic (exact) mass is 450 g/mol. The van der Waals surface area contributed by atoms with E-state index in [-0.39, 0.29) is 17.2 Å². The van der Waals surface area contributed by atoms with Crippen LogP contribution in [0.1, 0.15) is 46.6 Å². The summed E-state index contributed by atoms with van der Waals surface area (Å²) >= 11 is 7.72. The summed E-state index contributed by atoms with van der Waals surface area (Å²) in [6.45, 7) is 4.31. The Balaban J connectivity index is 1.51.